The number of benzene rings is 1. The number of amides is 2. The lowest BCUT2D eigenvalue weighted by molar-refractivity contribution is -0.113. The Balaban J connectivity index is 1.86. The quantitative estimate of drug-likeness (QED) is 0.830. The molecular formula is C15H15N3O2S. The average Bonchev–Trinajstić information content (AvgIpc) is 2.54. The Kier molecular flexibility index (Phi) is 5.34. The number of carbonyl (C=O) groups excluding carboxylic acids is 2. The molecule has 0 spiro atoms. The molecule has 0 bridgehead atoms. The summed E-state index contributed by atoms with van der Waals surface area (Å²) in [5.74, 6) is 0.0192. The minimum atomic E-state index is -0.154. The molecular weight excluding hydrogens is 286 g/mol. The van der Waals surface area contributed by atoms with Gasteiger partial charge in [-0.25, -0.2) is 4.98 Å². The van der Waals surface area contributed by atoms with Gasteiger partial charge in [0.15, 0.2) is 0 Å². The number of anilines is 1. The molecule has 5 nitrogen and oxygen atoms in total. The molecule has 2 amide bonds. The molecule has 1 aromatic heterocycles. The van der Waals surface area contributed by atoms with Crippen molar-refractivity contribution in [2.45, 2.75) is 5.03 Å². The highest BCUT2D eigenvalue weighted by Crippen LogP contribution is 2.15. The maximum absolute atomic E-state index is 11.8. The van der Waals surface area contributed by atoms with Gasteiger partial charge >= 0.3 is 0 Å². The van der Waals surface area contributed by atoms with Gasteiger partial charge in [0.05, 0.1) is 10.8 Å². The van der Waals surface area contributed by atoms with Crippen LogP contribution in [0.15, 0.2) is 53.7 Å². The van der Waals surface area contributed by atoms with E-state index in [4.69, 9.17) is 0 Å². The minimum absolute atomic E-state index is 0.113. The Morgan fingerprint density at radius 3 is 2.52 bits per heavy atom. The molecule has 6 heteroatoms. The van der Waals surface area contributed by atoms with Crippen LogP contribution in [0.25, 0.3) is 0 Å². The zero-order chi connectivity index (χ0) is 15.1. The summed E-state index contributed by atoms with van der Waals surface area (Å²) in [6, 6.07) is 12.3. The Labute approximate surface area is 127 Å². The van der Waals surface area contributed by atoms with Crippen molar-refractivity contribution in [3.8, 4) is 0 Å². The highest BCUT2D eigenvalue weighted by Gasteiger charge is 2.06. The van der Waals surface area contributed by atoms with E-state index in [-0.39, 0.29) is 17.6 Å². The van der Waals surface area contributed by atoms with Crippen molar-refractivity contribution in [1.29, 1.82) is 0 Å². The molecule has 2 aromatic rings. The van der Waals surface area contributed by atoms with Crippen LogP contribution in [-0.4, -0.2) is 29.6 Å². The van der Waals surface area contributed by atoms with E-state index < -0.39 is 0 Å². The summed E-state index contributed by atoms with van der Waals surface area (Å²) >= 11 is 1.37. The van der Waals surface area contributed by atoms with Gasteiger partial charge in [0.2, 0.25) is 5.91 Å². The number of pyridine rings is 1. The van der Waals surface area contributed by atoms with E-state index in [2.05, 4.69) is 15.6 Å². The third-order valence-electron chi connectivity index (χ3n) is 2.65. The molecule has 0 fully saturated rings. The maximum atomic E-state index is 11.8. The van der Waals surface area contributed by atoms with E-state index in [0.29, 0.717) is 11.3 Å². The number of carbonyl (C=O) groups is 2. The number of nitrogens with zero attached hydrogens (tertiary/aromatic N) is 1. The van der Waals surface area contributed by atoms with Gasteiger partial charge in [0.25, 0.3) is 5.91 Å². The molecule has 1 heterocycles. The standard InChI is InChI=1S/C15H15N3O2S/c1-16-15(20)11-5-7-12(8-6-11)18-13(19)10-21-14-4-2-3-9-17-14/h2-9H,10H2,1H3,(H,16,20)(H,18,19). The van der Waals surface area contributed by atoms with Crippen molar-refractivity contribution >= 4 is 29.3 Å². The fourth-order valence-electron chi connectivity index (χ4n) is 1.62. The van der Waals surface area contributed by atoms with Crippen molar-refractivity contribution in [1.82, 2.24) is 10.3 Å². The molecule has 2 rings (SSSR count). The smallest absolute Gasteiger partial charge is 0.251 e. The number of rotatable bonds is 5. The Morgan fingerprint density at radius 2 is 1.90 bits per heavy atom. The first-order chi connectivity index (χ1) is 10.2. The van der Waals surface area contributed by atoms with Gasteiger partial charge in [0.1, 0.15) is 0 Å². The van der Waals surface area contributed by atoms with E-state index in [1.165, 1.54) is 11.8 Å². The monoisotopic (exact) mass is 301 g/mol. The topological polar surface area (TPSA) is 71.1 Å². The van der Waals surface area contributed by atoms with E-state index in [1.807, 2.05) is 18.2 Å². The molecule has 0 radical (unpaired) electrons. The van der Waals surface area contributed by atoms with Crippen LogP contribution in [0.1, 0.15) is 10.4 Å². The Bertz CT molecular complexity index is 615. The predicted octanol–water partition coefficient (Wildman–Crippen LogP) is 2.17. The summed E-state index contributed by atoms with van der Waals surface area (Å²) in [5, 5.41) is 6.13. The van der Waals surface area contributed by atoms with Crippen molar-refractivity contribution in [3.05, 3.63) is 54.2 Å². The van der Waals surface area contributed by atoms with Crippen molar-refractivity contribution in [3.63, 3.8) is 0 Å². The molecule has 0 unspecified atom stereocenters. The third kappa shape index (κ3) is 4.61. The normalized spacial score (nSPS) is 9.95. The second-order valence-electron chi connectivity index (χ2n) is 4.16. The highest BCUT2D eigenvalue weighted by atomic mass is 32.2. The first kappa shape index (κ1) is 15.1. The largest absolute Gasteiger partial charge is 0.355 e. The first-order valence-corrected chi connectivity index (χ1v) is 7.33. The molecule has 0 saturated heterocycles. The number of nitrogens with one attached hydrogen (secondary N) is 2. The lowest BCUT2D eigenvalue weighted by atomic mass is 10.2. The van der Waals surface area contributed by atoms with Crippen LogP contribution in [0.4, 0.5) is 5.69 Å². The number of hydrogen-bond acceptors (Lipinski definition) is 4. The molecule has 1 aromatic carbocycles. The Morgan fingerprint density at radius 1 is 1.14 bits per heavy atom. The zero-order valence-corrected chi connectivity index (χ0v) is 12.3. The highest BCUT2D eigenvalue weighted by molar-refractivity contribution is 7.99. The fourth-order valence-corrected chi connectivity index (χ4v) is 2.28. The summed E-state index contributed by atoms with van der Waals surface area (Å²) in [5.41, 5.74) is 1.22. The summed E-state index contributed by atoms with van der Waals surface area (Å²) in [4.78, 5) is 27.4. The number of thioether (sulfide) groups is 1. The predicted molar refractivity (Wildman–Crippen MR) is 83.4 cm³/mol. The molecule has 0 saturated carbocycles. The summed E-state index contributed by atoms with van der Waals surface area (Å²) in [7, 11) is 1.58. The molecule has 0 atom stereocenters. The SMILES string of the molecule is CNC(=O)c1ccc(NC(=O)CSc2ccccn2)cc1. The van der Waals surface area contributed by atoms with Crippen molar-refractivity contribution < 1.29 is 9.59 Å². The van der Waals surface area contributed by atoms with Crippen LogP contribution in [-0.2, 0) is 4.79 Å². The molecule has 2 N–H and O–H groups in total. The zero-order valence-electron chi connectivity index (χ0n) is 11.5. The van der Waals surface area contributed by atoms with Gasteiger partial charge in [-0.3, -0.25) is 9.59 Å². The van der Waals surface area contributed by atoms with E-state index >= 15 is 0 Å². The molecule has 0 aliphatic heterocycles. The van der Waals surface area contributed by atoms with Crippen LogP contribution in [0, 0.1) is 0 Å². The van der Waals surface area contributed by atoms with Crippen molar-refractivity contribution in [2.75, 3.05) is 18.1 Å². The molecule has 108 valence electrons. The Hall–Kier alpha value is -2.34. The third-order valence-corrected chi connectivity index (χ3v) is 3.59. The molecule has 0 aliphatic rings. The fraction of sp³-hybridized carbons (Fsp3) is 0.133. The van der Waals surface area contributed by atoms with Gasteiger partial charge in [-0.2, -0.15) is 0 Å². The van der Waals surface area contributed by atoms with Gasteiger partial charge < -0.3 is 10.6 Å². The molecule has 0 aliphatic carbocycles. The summed E-state index contributed by atoms with van der Waals surface area (Å²) in [6.07, 6.45) is 1.69. The van der Waals surface area contributed by atoms with E-state index in [1.54, 1.807) is 37.5 Å². The summed E-state index contributed by atoms with van der Waals surface area (Å²) < 4.78 is 0. The number of hydrogen-bond donors (Lipinski definition) is 2. The van der Waals surface area contributed by atoms with Crippen LogP contribution >= 0.6 is 11.8 Å². The lowest BCUT2D eigenvalue weighted by Gasteiger charge is -2.06. The minimum Gasteiger partial charge on any atom is -0.355 e. The van der Waals surface area contributed by atoms with Crippen LogP contribution in [0.3, 0.4) is 0 Å². The van der Waals surface area contributed by atoms with Gasteiger partial charge in [0, 0.05) is 24.5 Å². The number of aromatic nitrogens is 1. The van der Waals surface area contributed by atoms with E-state index in [9.17, 15) is 9.59 Å². The second kappa shape index (κ2) is 7.44. The maximum Gasteiger partial charge on any atom is 0.251 e. The average molecular weight is 301 g/mol. The van der Waals surface area contributed by atoms with E-state index in [0.717, 1.165) is 5.03 Å². The van der Waals surface area contributed by atoms with Gasteiger partial charge in [-0.15, -0.1) is 0 Å². The van der Waals surface area contributed by atoms with Crippen molar-refractivity contribution in [2.24, 2.45) is 0 Å². The van der Waals surface area contributed by atoms with Crippen LogP contribution < -0.4 is 10.6 Å². The first-order valence-electron chi connectivity index (χ1n) is 6.35. The summed E-state index contributed by atoms with van der Waals surface area (Å²) in [6.45, 7) is 0. The molecule has 21 heavy (non-hydrogen) atoms. The van der Waals surface area contributed by atoms with Crippen LogP contribution in [0.5, 0.6) is 0 Å². The van der Waals surface area contributed by atoms with Gasteiger partial charge in [-0.1, -0.05) is 17.8 Å². The van der Waals surface area contributed by atoms with Gasteiger partial charge in [-0.05, 0) is 36.4 Å². The van der Waals surface area contributed by atoms with Crippen LogP contribution in [0.2, 0.25) is 0 Å². The lowest BCUT2D eigenvalue weighted by Crippen LogP contribution is -2.18. The second-order valence-corrected chi connectivity index (χ2v) is 5.16.